The quantitative estimate of drug-likeness (QED) is 0.808. The minimum atomic E-state index is -0.544. The van der Waals surface area contributed by atoms with Gasteiger partial charge < -0.3 is 19.9 Å². The number of ether oxygens (including phenoxy) is 1. The SMILES string of the molecule is CCC(C)(N)c1nc(N2CCOCC2)no1. The largest absolute Gasteiger partial charge is 0.378 e. The number of hydrogen-bond acceptors (Lipinski definition) is 6. The highest BCUT2D eigenvalue weighted by Crippen LogP contribution is 2.21. The number of nitrogens with zero attached hydrogens (tertiary/aromatic N) is 3. The van der Waals surface area contributed by atoms with Crippen molar-refractivity contribution in [3.05, 3.63) is 5.89 Å². The maximum atomic E-state index is 6.04. The van der Waals surface area contributed by atoms with Gasteiger partial charge in [0.05, 0.1) is 18.8 Å². The van der Waals surface area contributed by atoms with E-state index in [1.165, 1.54) is 0 Å². The van der Waals surface area contributed by atoms with Crippen LogP contribution in [0, 0.1) is 0 Å². The summed E-state index contributed by atoms with van der Waals surface area (Å²) in [6.07, 6.45) is 0.762. The molecule has 2 rings (SSSR count). The fourth-order valence-corrected chi connectivity index (χ4v) is 1.49. The van der Waals surface area contributed by atoms with Crippen LogP contribution in [0.3, 0.4) is 0 Å². The molecule has 0 aromatic carbocycles. The highest BCUT2D eigenvalue weighted by molar-refractivity contribution is 5.28. The number of anilines is 1. The highest BCUT2D eigenvalue weighted by atomic mass is 16.5. The number of nitrogens with two attached hydrogens (primary N) is 1. The van der Waals surface area contributed by atoms with Crippen LogP contribution in [-0.4, -0.2) is 36.4 Å². The first kappa shape index (κ1) is 11.3. The lowest BCUT2D eigenvalue weighted by atomic mass is 10.0. The summed E-state index contributed by atoms with van der Waals surface area (Å²) < 4.78 is 10.5. The van der Waals surface area contributed by atoms with Crippen LogP contribution in [0.25, 0.3) is 0 Å². The maximum absolute atomic E-state index is 6.04. The van der Waals surface area contributed by atoms with Crippen LogP contribution in [0.5, 0.6) is 0 Å². The molecule has 90 valence electrons. The Morgan fingerprint density at radius 2 is 2.12 bits per heavy atom. The Labute approximate surface area is 94.7 Å². The molecule has 1 aromatic heterocycles. The fraction of sp³-hybridized carbons (Fsp3) is 0.800. The second kappa shape index (κ2) is 4.39. The van der Waals surface area contributed by atoms with Gasteiger partial charge in [0.2, 0.25) is 5.89 Å². The molecule has 0 bridgehead atoms. The Bertz CT molecular complexity index is 344. The number of hydrogen-bond donors (Lipinski definition) is 1. The predicted molar refractivity (Wildman–Crippen MR) is 59.2 cm³/mol. The summed E-state index contributed by atoms with van der Waals surface area (Å²) in [7, 11) is 0. The Kier molecular flexibility index (Phi) is 3.11. The second-order valence-corrected chi connectivity index (χ2v) is 4.27. The molecular weight excluding hydrogens is 208 g/mol. The molecule has 0 spiro atoms. The average Bonchev–Trinajstić information content (AvgIpc) is 2.80. The third kappa shape index (κ3) is 2.17. The van der Waals surface area contributed by atoms with E-state index in [0.29, 0.717) is 25.1 Å². The number of aromatic nitrogens is 2. The summed E-state index contributed by atoms with van der Waals surface area (Å²) in [6, 6.07) is 0. The summed E-state index contributed by atoms with van der Waals surface area (Å²) in [6.45, 7) is 6.90. The predicted octanol–water partition coefficient (Wildman–Crippen LogP) is 0.490. The Hall–Kier alpha value is -1.14. The van der Waals surface area contributed by atoms with Crippen molar-refractivity contribution in [2.24, 2.45) is 5.73 Å². The van der Waals surface area contributed by atoms with E-state index in [1.54, 1.807) is 0 Å². The van der Waals surface area contributed by atoms with Crippen LogP contribution < -0.4 is 10.6 Å². The van der Waals surface area contributed by atoms with Crippen molar-refractivity contribution in [3.8, 4) is 0 Å². The van der Waals surface area contributed by atoms with E-state index >= 15 is 0 Å². The van der Waals surface area contributed by atoms with Gasteiger partial charge in [-0.25, -0.2) is 0 Å². The molecular formula is C10H18N4O2. The van der Waals surface area contributed by atoms with Gasteiger partial charge in [0, 0.05) is 13.1 Å². The van der Waals surface area contributed by atoms with Gasteiger partial charge in [-0.15, -0.1) is 0 Å². The van der Waals surface area contributed by atoms with E-state index in [2.05, 4.69) is 10.1 Å². The van der Waals surface area contributed by atoms with Crippen molar-refractivity contribution < 1.29 is 9.26 Å². The lowest BCUT2D eigenvalue weighted by Crippen LogP contribution is -2.37. The van der Waals surface area contributed by atoms with Gasteiger partial charge in [0.15, 0.2) is 0 Å². The first-order chi connectivity index (χ1) is 7.63. The monoisotopic (exact) mass is 226 g/mol. The van der Waals surface area contributed by atoms with E-state index in [4.69, 9.17) is 15.0 Å². The summed E-state index contributed by atoms with van der Waals surface area (Å²) in [4.78, 5) is 6.39. The summed E-state index contributed by atoms with van der Waals surface area (Å²) in [5.41, 5.74) is 5.50. The van der Waals surface area contributed by atoms with Crippen LogP contribution in [-0.2, 0) is 10.3 Å². The van der Waals surface area contributed by atoms with Crippen LogP contribution in [0.1, 0.15) is 26.2 Å². The van der Waals surface area contributed by atoms with Gasteiger partial charge in [0.25, 0.3) is 5.95 Å². The van der Waals surface area contributed by atoms with Crippen LogP contribution in [0.4, 0.5) is 5.95 Å². The summed E-state index contributed by atoms with van der Waals surface area (Å²) in [5.74, 6) is 1.11. The molecule has 2 N–H and O–H groups in total. The lowest BCUT2D eigenvalue weighted by Gasteiger charge is -2.24. The average molecular weight is 226 g/mol. The Morgan fingerprint density at radius 3 is 2.75 bits per heavy atom. The van der Waals surface area contributed by atoms with Gasteiger partial charge in [-0.1, -0.05) is 6.92 Å². The smallest absolute Gasteiger partial charge is 0.266 e. The van der Waals surface area contributed by atoms with Crippen LogP contribution in [0.15, 0.2) is 4.52 Å². The van der Waals surface area contributed by atoms with E-state index in [-0.39, 0.29) is 0 Å². The van der Waals surface area contributed by atoms with Gasteiger partial charge >= 0.3 is 0 Å². The first-order valence-corrected chi connectivity index (χ1v) is 5.59. The minimum absolute atomic E-state index is 0.497. The van der Waals surface area contributed by atoms with Crippen molar-refractivity contribution in [2.75, 3.05) is 31.2 Å². The molecule has 0 radical (unpaired) electrons. The molecule has 0 saturated carbocycles. The zero-order valence-electron chi connectivity index (χ0n) is 9.77. The molecule has 6 heteroatoms. The van der Waals surface area contributed by atoms with E-state index in [1.807, 2.05) is 18.7 Å². The standard InChI is InChI=1S/C10H18N4O2/c1-3-10(2,11)8-12-9(13-16-8)14-4-6-15-7-5-14/h3-7,11H2,1-2H3. The van der Waals surface area contributed by atoms with Gasteiger partial charge in [-0.2, -0.15) is 4.98 Å². The zero-order valence-corrected chi connectivity index (χ0v) is 9.77. The molecule has 1 unspecified atom stereocenters. The molecule has 16 heavy (non-hydrogen) atoms. The van der Waals surface area contributed by atoms with Gasteiger partial charge in [0.1, 0.15) is 0 Å². The third-order valence-corrected chi connectivity index (χ3v) is 2.93. The normalized spacial score (nSPS) is 20.8. The molecule has 6 nitrogen and oxygen atoms in total. The molecule has 1 saturated heterocycles. The summed E-state index contributed by atoms with van der Waals surface area (Å²) >= 11 is 0. The van der Waals surface area contributed by atoms with E-state index < -0.39 is 5.54 Å². The van der Waals surface area contributed by atoms with Crippen LogP contribution >= 0.6 is 0 Å². The van der Waals surface area contributed by atoms with Crippen molar-refractivity contribution in [1.29, 1.82) is 0 Å². The van der Waals surface area contributed by atoms with Crippen LogP contribution in [0.2, 0.25) is 0 Å². The molecule has 1 aliphatic rings. The third-order valence-electron chi connectivity index (χ3n) is 2.93. The summed E-state index contributed by atoms with van der Waals surface area (Å²) in [5, 5.41) is 3.96. The van der Waals surface area contributed by atoms with Crippen molar-refractivity contribution in [3.63, 3.8) is 0 Å². The molecule has 1 atom stereocenters. The minimum Gasteiger partial charge on any atom is -0.378 e. The molecule has 2 heterocycles. The molecule has 1 aromatic rings. The number of morpholine rings is 1. The molecule has 1 fully saturated rings. The lowest BCUT2D eigenvalue weighted by molar-refractivity contribution is 0.121. The Morgan fingerprint density at radius 1 is 1.44 bits per heavy atom. The van der Waals surface area contributed by atoms with E-state index in [9.17, 15) is 0 Å². The van der Waals surface area contributed by atoms with Gasteiger partial charge in [-0.05, 0) is 18.5 Å². The Balaban J connectivity index is 2.12. The molecule has 1 aliphatic heterocycles. The fourth-order valence-electron chi connectivity index (χ4n) is 1.49. The maximum Gasteiger partial charge on any atom is 0.266 e. The van der Waals surface area contributed by atoms with Crippen molar-refractivity contribution in [1.82, 2.24) is 10.1 Å². The zero-order chi connectivity index (χ0) is 11.6. The van der Waals surface area contributed by atoms with E-state index in [0.717, 1.165) is 19.5 Å². The molecule has 0 amide bonds. The second-order valence-electron chi connectivity index (χ2n) is 4.27. The topological polar surface area (TPSA) is 77.4 Å². The van der Waals surface area contributed by atoms with Gasteiger partial charge in [-0.3, -0.25) is 0 Å². The highest BCUT2D eigenvalue weighted by Gasteiger charge is 2.27. The van der Waals surface area contributed by atoms with Crippen molar-refractivity contribution in [2.45, 2.75) is 25.8 Å². The first-order valence-electron chi connectivity index (χ1n) is 5.59. The number of rotatable bonds is 3. The van der Waals surface area contributed by atoms with Crippen molar-refractivity contribution >= 4 is 5.95 Å². The molecule has 0 aliphatic carbocycles.